The average molecular weight is 339 g/mol. The first-order chi connectivity index (χ1) is 12.3. The Balaban J connectivity index is 1.36. The molecule has 0 amide bonds. The first-order valence-corrected chi connectivity index (χ1v) is 9.42. The lowest BCUT2D eigenvalue weighted by molar-refractivity contribution is 0.155. The molecule has 0 spiro atoms. The number of rotatable bonds is 8. The van der Waals surface area contributed by atoms with Crippen molar-refractivity contribution in [1.29, 1.82) is 0 Å². The van der Waals surface area contributed by atoms with Gasteiger partial charge in [0.15, 0.2) is 0 Å². The van der Waals surface area contributed by atoms with E-state index < -0.39 is 0 Å². The highest BCUT2D eigenvalue weighted by molar-refractivity contribution is 5.28. The standard InChI is InChI=1S/C22H29NO2/c24-15-11-20-7-4-8-22(18-20)25-16-14-23-12-9-21(10-13-23)17-19-5-2-1-3-6-19/h1-8,18,21,24H,9-17H2. The van der Waals surface area contributed by atoms with Gasteiger partial charge < -0.3 is 9.84 Å². The Hall–Kier alpha value is -1.84. The van der Waals surface area contributed by atoms with Crippen molar-refractivity contribution >= 4 is 0 Å². The molecule has 25 heavy (non-hydrogen) atoms. The van der Waals surface area contributed by atoms with E-state index in [1.165, 1.54) is 37.9 Å². The van der Waals surface area contributed by atoms with E-state index >= 15 is 0 Å². The fourth-order valence-corrected chi connectivity index (χ4v) is 3.57. The number of aliphatic hydroxyl groups excluding tert-OH is 1. The molecule has 0 unspecified atom stereocenters. The molecule has 2 aromatic carbocycles. The molecule has 1 fully saturated rings. The summed E-state index contributed by atoms with van der Waals surface area (Å²) in [6.07, 6.45) is 4.46. The Bertz CT molecular complexity index is 621. The van der Waals surface area contributed by atoms with Gasteiger partial charge in [-0.25, -0.2) is 0 Å². The maximum absolute atomic E-state index is 9.02. The topological polar surface area (TPSA) is 32.7 Å². The minimum atomic E-state index is 0.182. The van der Waals surface area contributed by atoms with Crippen LogP contribution in [0.2, 0.25) is 0 Å². The van der Waals surface area contributed by atoms with E-state index in [0.29, 0.717) is 6.42 Å². The average Bonchev–Trinajstić information content (AvgIpc) is 2.65. The van der Waals surface area contributed by atoms with Crippen molar-refractivity contribution in [1.82, 2.24) is 4.90 Å². The summed E-state index contributed by atoms with van der Waals surface area (Å²) in [5, 5.41) is 9.02. The Morgan fingerprint density at radius 3 is 2.48 bits per heavy atom. The predicted molar refractivity (Wildman–Crippen MR) is 102 cm³/mol. The molecule has 1 N–H and O–H groups in total. The molecule has 1 saturated heterocycles. The molecule has 1 heterocycles. The van der Waals surface area contributed by atoms with Crippen molar-refractivity contribution in [2.24, 2.45) is 5.92 Å². The zero-order valence-corrected chi connectivity index (χ0v) is 14.9. The molecule has 0 aromatic heterocycles. The third-order valence-electron chi connectivity index (χ3n) is 5.05. The van der Waals surface area contributed by atoms with Gasteiger partial charge in [-0.2, -0.15) is 0 Å². The monoisotopic (exact) mass is 339 g/mol. The molecule has 3 rings (SSSR count). The summed E-state index contributed by atoms with van der Waals surface area (Å²) < 4.78 is 5.89. The van der Waals surface area contributed by atoms with Gasteiger partial charge in [-0.3, -0.25) is 4.90 Å². The maximum atomic E-state index is 9.02. The van der Waals surface area contributed by atoms with Crippen LogP contribution >= 0.6 is 0 Å². The van der Waals surface area contributed by atoms with Crippen molar-refractivity contribution in [3.63, 3.8) is 0 Å². The molecule has 0 saturated carbocycles. The zero-order valence-electron chi connectivity index (χ0n) is 14.9. The summed E-state index contributed by atoms with van der Waals surface area (Å²) in [5.41, 5.74) is 2.59. The predicted octanol–water partition coefficient (Wildman–Crippen LogP) is 3.55. The molecule has 3 heteroatoms. The molecule has 134 valence electrons. The van der Waals surface area contributed by atoms with Crippen LogP contribution in [-0.4, -0.2) is 42.9 Å². The van der Waals surface area contributed by atoms with Crippen LogP contribution in [0.15, 0.2) is 54.6 Å². The number of nitrogens with zero attached hydrogens (tertiary/aromatic N) is 1. The maximum Gasteiger partial charge on any atom is 0.119 e. The fraction of sp³-hybridized carbons (Fsp3) is 0.455. The van der Waals surface area contributed by atoms with Crippen molar-refractivity contribution in [2.45, 2.75) is 25.7 Å². The molecule has 1 aliphatic rings. The molecule has 3 nitrogen and oxygen atoms in total. The lowest BCUT2D eigenvalue weighted by Gasteiger charge is -2.31. The van der Waals surface area contributed by atoms with Crippen LogP contribution in [0.4, 0.5) is 0 Å². The second-order valence-electron chi connectivity index (χ2n) is 6.94. The molecule has 1 aliphatic heterocycles. The van der Waals surface area contributed by atoms with Gasteiger partial charge in [-0.1, -0.05) is 42.5 Å². The third-order valence-corrected chi connectivity index (χ3v) is 5.05. The Morgan fingerprint density at radius 2 is 1.72 bits per heavy atom. The van der Waals surface area contributed by atoms with E-state index in [2.05, 4.69) is 35.2 Å². The minimum absolute atomic E-state index is 0.182. The largest absolute Gasteiger partial charge is 0.492 e. The van der Waals surface area contributed by atoms with Crippen molar-refractivity contribution < 1.29 is 9.84 Å². The SMILES string of the molecule is OCCc1cccc(OCCN2CCC(Cc3ccccc3)CC2)c1. The molecule has 0 atom stereocenters. The van der Waals surface area contributed by atoms with Gasteiger partial charge in [-0.05, 0) is 68.0 Å². The molecular weight excluding hydrogens is 310 g/mol. The number of ether oxygens (including phenoxy) is 1. The van der Waals surface area contributed by atoms with Gasteiger partial charge >= 0.3 is 0 Å². The van der Waals surface area contributed by atoms with Gasteiger partial charge in [0.2, 0.25) is 0 Å². The quantitative estimate of drug-likeness (QED) is 0.798. The van der Waals surface area contributed by atoms with Gasteiger partial charge in [0.25, 0.3) is 0 Å². The molecule has 0 radical (unpaired) electrons. The van der Waals surface area contributed by atoms with Crippen LogP contribution < -0.4 is 4.74 Å². The smallest absolute Gasteiger partial charge is 0.119 e. The van der Waals surface area contributed by atoms with E-state index in [-0.39, 0.29) is 6.61 Å². The van der Waals surface area contributed by atoms with Crippen LogP contribution in [0.3, 0.4) is 0 Å². The highest BCUT2D eigenvalue weighted by Gasteiger charge is 2.19. The highest BCUT2D eigenvalue weighted by Crippen LogP contribution is 2.21. The van der Waals surface area contributed by atoms with Crippen molar-refractivity contribution in [3.05, 3.63) is 65.7 Å². The second kappa shape index (κ2) is 9.59. The fourth-order valence-electron chi connectivity index (χ4n) is 3.57. The van der Waals surface area contributed by atoms with E-state index in [1.54, 1.807) is 0 Å². The summed E-state index contributed by atoms with van der Waals surface area (Å²) in [7, 11) is 0. The summed E-state index contributed by atoms with van der Waals surface area (Å²) in [5.74, 6) is 1.72. The van der Waals surface area contributed by atoms with Crippen LogP contribution in [-0.2, 0) is 12.8 Å². The Labute approximate surface area is 151 Å². The van der Waals surface area contributed by atoms with Crippen LogP contribution in [0.5, 0.6) is 5.75 Å². The summed E-state index contributed by atoms with van der Waals surface area (Å²) in [6.45, 7) is 4.24. The minimum Gasteiger partial charge on any atom is -0.492 e. The van der Waals surface area contributed by atoms with Crippen molar-refractivity contribution in [3.8, 4) is 5.75 Å². The van der Waals surface area contributed by atoms with Crippen LogP contribution in [0.1, 0.15) is 24.0 Å². The highest BCUT2D eigenvalue weighted by atomic mass is 16.5. The lowest BCUT2D eigenvalue weighted by Crippen LogP contribution is -2.37. The summed E-state index contributed by atoms with van der Waals surface area (Å²) >= 11 is 0. The number of hydrogen-bond donors (Lipinski definition) is 1. The van der Waals surface area contributed by atoms with Crippen molar-refractivity contribution in [2.75, 3.05) is 32.8 Å². The third kappa shape index (κ3) is 5.87. The van der Waals surface area contributed by atoms with E-state index in [9.17, 15) is 0 Å². The number of hydrogen-bond acceptors (Lipinski definition) is 3. The van der Waals surface area contributed by atoms with E-state index in [0.717, 1.165) is 30.4 Å². The summed E-state index contributed by atoms with van der Waals surface area (Å²) in [4.78, 5) is 2.51. The Kier molecular flexibility index (Phi) is 6.89. The van der Waals surface area contributed by atoms with Gasteiger partial charge in [0.05, 0.1) is 0 Å². The van der Waals surface area contributed by atoms with Gasteiger partial charge in [0, 0.05) is 13.2 Å². The lowest BCUT2D eigenvalue weighted by atomic mass is 9.90. The molecule has 2 aromatic rings. The number of piperidine rings is 1. The first kappa shape index (κ1) is 18.0. The molecule has 0 aliphatic carbocycles. The van der Waals surface area contributed by atoms with Crippen LogP contribution in [0.25, 0.3) is 0 Å². The van der Waals surface area contributed by atoms with E-state index in [4.69, 9.17) is 9.84 Å². The summed E-state index contributed by atoms with van der Waals surface area (Å²) in [6, 6.07) is 18.9. The van der Waals surface area contributed by atoms with E-state index in [1.807, 2.05) is 24.3 Å². The Morgan fingerprint density at radius 1 is 0.960 bits per heavy atom. The normalized spacial score (nSPS) is 16.0. The molecule has 0 bridgehead atoms. The zero-order chi connectivity index (χ0) is 17.3. The van der Waals surface area contributed by atoms with Gasteiger partial charge in [-0.15, -0.1) is 0 Å². The molecular formula is C22H29NO2. The van der Waals surface area contributed by atoms with Crippen LogP contribution in [0, 0.1) is 5.92 Å². The first-order valence-electron chi connectivity index (χ1n) is 9.42. The van der Waals surface area contributed by atoms with Gasteiger partial charge in [0.1, 0.15) is 12.4 Å². The number of likely N-dealkylation sites (tertiary alicyclic amines) is 1. The number of benzene rings is 2. The number of aliphatic hydroxyl groups is 1. The second-order valence-corrected chi connectivity index (χ2v) is 6.94.